The van der Waals surface area contributed by atoms with E-state index in [9.17, 15) is 9.90 Å². The van der Waals surface area contributed by atoms with Crippen molar-refractivity contribution in [3.63, 3.8) is 0 Å². The molecule has 2 rings (SSSR count). The fourth-order valence-corrected chi connectivity index (χ4v) is 2.33. The Morgan fingerprint density at radius 3 is 2.88 bits per heavy atom. The molecule has 5 heteroatoms. The topological polar surface area (TPSA) is 67.2 Å². The fraction of sp³-hybridized carbons (Fsp3) is 0.667. The van der Waals surface area contributed by atoms with Crippen molar-refractivity contribution in [2.75, 3.05) is 0 Å². The summed E-state index contributed by atoms with van der Waals surface area (Å²) < 4.78 is 1.71. The number of carbonyl (C=O) groups is 1. The SMILES string of the molecule is CC[C@H](NC(=O)c1cncn1C)C1CC(O)C1. The molecule has 1 aliphatic rings. The van der Waals surface area contributed by atoms with Crippen LogP contribution < -0.4 is 5.32 Å². The molecule has 2 N–H and O–H groups in total. The third-order valence-electron chi connectivity index (χ3n) is 3.52. The van der Waals surface area contributed by atoms with Crippen LogP contribution in [0.25, 0.3) is 0 Å². The summed E-state index contributed by atoms with van der Waals surface area (Å²) in [4.78, 5) is 15.9. The first-order valence-corrected chi connectivity index (χ1v) is 6.07. The maximum Gasteiger partial charge on any atom is 0.269 e. The van der Waals surface area contributed by atoms with Crippen LogP contribution in [0.15, 0.2) is 12.5 Å². The summed E-state index contributed by atoms with van der Waals surface area (Å²) in [5, 5.41) is 12.3. The second-order valence-electron chi connectivity index (χ2n) is 4.76. The summed E-state index contributed by atoms with van der Waals surface area (Å²) in [7, 11) is 1.80. The molecule has 1 aliphatic carbocycles. The largest absolute Gasteiger partial charge is 0.393 e. The molecule has 5 nitrogen and oxygen atoms in total. The van der Waals surface area contributed by atoms with E-state index in [-0.39, 0.29) is 18.1 Å². The van der Waals surface area contributed by atoms with Gasteiger partial charge in [-0.2, -0.15) is 0 Å². The smallest absolute Gasteiger partial charge is 0.269 e. The van der Waals surface area contributed by atoms with Gasteiger partial charge in [-0.05, 0) is 25.2 Å². The van der Waals surface area contributed by atoms with Crippen LogP contribution in [-0.2, 0) is 7.05 Å². The fourth-order valence-electron chi connectivity index (χ4n) is 2.33. The summed E-state index contributed by atoms with van der Waals surface area (Å²) in [5.74, 6) is 0.324. The second-order valence-corrected chi connectivity index (χ2v) is 4.76. The number of aliphatic hydroxyl groups excluding tert-OH is 1. The highest BCUT2D eigenvalue weighted by Crippen LogP contribution is 2.31. The molecule has 17 heavy (non-hydrogen) atoms. The highest BCUT2D eigenvalue weighted by atomic mass is 16.3. The lowest BCUT2D eigenvalue weighted by atomic mass is 9.76. The minimum Gasteiger partial charge on any atom is -0.393 e. The van der Waals surface area contributed by atoms with E-state index in [2.05, 4.69) is 17.2 Å². The number of aromatic nitrogens is 2. The van der Waals surface area contributed by atoms with Crippen LogP contribution in [0.5, 0.6) is 0 Å². The molecular formula is C12H19N3O2. The van der Waals surface area contributed by atoms with Gasteiger partial charge in [0.25, 0.3) is 5.91 Å². The van der Waals surface area contributed by atoms with Crippen molar-refractivity contribution < 1.29 is 9.90 Å². The molecule has 1 amide bonds. The Morgan fingerprint density at radius 2 is 2.41 bits per heavy atom. The van der Waals surface area contributed by atoms with Crippen molar-refractivity contribution in [2.24, 2.45) is 13.0 Å². The minimum atomic E-state index is -0.178. The zero-order valence-electron chi connectivity index (χ0n) is 10.3. The lowest BCUT2D eigenvalue weighted by molar-refractivity contribution is 0.0231. The van der Waals surface area contributed by atoms with Crippen molar-refractivity contribution >= 4 is 5.91 Å². The molecule has 94 valence electrons. The normalized spacial score (nSPS) is 25.1. The van der Waals surface area contributed by atoms with E-state index in [1.54, 1.807) is 24.1 Å². The Hall–Kier alpha value is -1.36. The highest BCUT2D eigenvalue weighted by Gasteiger charge is 2.34. The standard InChI is InChI=1S/C12H19N3O2/c1-3-10(8-4-9(16)5-8)14-12(17)11-6-13-7-15(11)2/h6-10,16H,3-5H2,1-2H3,(H,14,17)/t8?,9?,10-/m0/s1. The number of carbonyl (C=O) groups excluding carboxylic acids is 1. The highest BCUT2D eigenvalue weighted by molar-refractivity contribution is 5.92. The molecule has 1 aromatic heterocycles. The molecule has 0 aromatic carbocycles. The van der Waals surface area contributed by atoms with E-state index in [1.165, 1.54) is 0 Å². The van der Waals surface area contributed by atoms with Crippen LogP contribution in [0.2, 0.25) is 0 Å². The number of nitrogens with one attached hydrogen (secondary N) is 1. The monoisotopic (exact) mass is 237 g/mol. The first-order valence-electron chi connectivity index (χ1n) is 6.07. The second kappa shape index (κ2) is 4.87. The molecular weight excluding hydrogens is 218 g/mol. The number of rotatable bonds is 4. The van der Waals surface area contributed by atoms with E-state index < -0.39 is 0 Å². The van der Waals surface area contributed by atoms with Gasteiger partial charge in [-0.1, -0.05) is 6.92 Å². The number of hydrogen-bond acceptors (Lipinski definition) is 3. The predicted octanol–water partition coefficient (Wildman–Crippen LogP) is 0.699. The minimum absolute atomic E-state index is 0.0850. The van der Waals surface area contributed by atoms with E-state index >= 15 is 0 Å². The predicted molar refractivity (Wildman–Crippen MR) is 63.5 cm³/mol. The van der Waals surface area contributed by atoms with Gasteiger partial charge in [0.1, 0.15) is 5.69 Å². The number of amides is 1. The molecule has 0 bridgehead atoms. The summed E-state index contributed by atoms with van der Waals surface area (Å²) in [5.41, 5.74) is 0.573. The molecule has 0 spiro atoms. The third kappa shape index (κ3) is 2.49. The molecule has 0 saturated heterocycles. The van der Waals surface area contributed by atoms with Gasteiger partial charge in [0.15, 0.2) is 0 Å². The average Bonchev–Trinajstić information content (AvgIpc) is 2.68. The Bertz CT molecular complexity index is 396. The molecule has 1 atom stereocenters. The summed E-state index contributed by atoms with van der Waals surface area (Å²) in [6.45, 7) is 2.05. The molecule has 1 heterocycles. The Balaban J connectivity index is 1.95. The van der Waals surface area contributed by atoms with Gasteiger partial charge in [-0.25, -0.2) is 4.98 Å². The first-order chi connectivity index (χ1) is 8.11. The van der Waals surface area contributed by atoms with Crippen LogP contribution in [0, 0.1) is 5.92 Å². The van der Waals surface area contributed by atoms with E-state index in [0.717, 1.165) is 19.3 Å². The maximum atomic E-state index is 12.0. The molecule has 1 fully saturated rings. The van der Waals surface area contributed by atoms with Gasteiger partial charge in [0.2, 0.25) is 0 Å². The third-order valence-corrected chi connectivity index (χ3v) is 3.52. The summed E-state index contributed by atoms with van der Waals surface area (Å²) in [6, 6.07) is 0.154. The Labute approximate surface area is 101 Å². The van der Waals surface area contributed by atoms with Crippen LogP contribution in [0.1, 0.15) is 36.7 Å². The van der Waals surface area contributed by atoms with Crippen molar-refractivity contribution in [3.8, 4) is 0 Å². The summed E-state index contributed by atoms with van der Waals surface area (Å²) >= 11 is 0. The number of aryl methyl sites for hydroxylation is 1. The van der Waals surface area contributed by atoms with Gasteiger partial charge in [0, 0.05) is 13.1 Å². The van der Waals surface area contributed by atoms with Gasteiger partial charge >= 0.3 is 0 Å². The number of nitrogens with zero attached hydrogens (tertiary/aromatic N) is 2. The van der Waals surface area contributed by atoms with Crippen LogP contribution in [0.3, 0.4) is 0 Å². The Kier molecular flexibility index (Phi) is 3.47. The van der Waals surface area contributed by atoms with E-state index in [1.807, 2.05) is 0 Å². The van der Waals surface area contributed by atoms with E-state index in [0.29, 0.717) is 11.6 Å². The molecule has 0 aliphatic heterocycles. The summed E-state index contributed by atoms with van der Waals surface area (Å²) in [6.07, 6.45) is 5.48. The van der Waals surface area contributed by atoms with Crippen LogP contribution in [-0.4, -0.2) is 32.7 Å². The zero-order valence-corrected chi connectivity index (χ0v) is 10.3. The lowest BCUT2D eigenvalue weighted by Gasteiger charge is -2.37. The average molecular weight is 237 g/mol. The van der Waals surface area contributed by atoms with Crippen molar-refractivity contribution in [1.29, 1.82) is 0 Å². The van der Waals surface area contributed by atoms with Gasteiger partial charge in [-0.15, -0.1) is 0 Å². The lowest BCUT2D eigenvalue weighted by Crippen LogP contribution is -2.47. The number of hydrogen-bond donors (Lipinski definition) is 2. The Morgan fingerprint density at radius 1 is 1.71 bits per heavy atom. The number of aliphatic hydroxyl groups is 1. The molecule has 1 aromatic rings. The van der Waals surface area contributed by atoms with Crippen molar-refractivity contribution in [3.05, 3.63) is 18.2 Å². The van der Waals surface area contributed by atoms with Gasteiger partial charge in [0.05, 0.1) is 18.6 Å². The van der Waals surface area contributed by atoms with Gasteiger partial charge < -0.3 is 15.0 Å². The van der Waals surface area contributed by atoms with Crippen molar-refractivity contribution in [1.82, 2.24) is 14.9 Å². The van der Waals surface area contributed by atoms with Crippen LogP contribution >= 0.6 is 0 Å². The first kappa shape index (κ1) is 12.1. The zero-order chi connectivity index (χ0) is 12.4. The van der Waals surface area contributed by atoms with Crippen LogP contribution in [0.4, 0.5) is 0 Å². The maximum absolute atomic E-state index is 12.0. The van der Waals surface area contributed by atoms with Crippen molar-refractivity contribution in [2.45, 2.75) is 38.3 Å². The molecule has 0 unspecified atom stereocenters. The molecule has 1 saturated carbocycles. The number of imidazole rings is 1. The van der Waals surface area contributed by atoms with E-state index in [4.69, 9.17) is 0 Å². The quantitative estimate of drug-likeness (QED) is 0.810. The van der Waals surface area contributed by atoms with Gasteiger partial charge in [-0.3, -0.25) is 4.79 Å². The molecule has 0 radical (unpaired) electrons.